The van der Waals surface area contributed by atoms with Crippen LogP contribution in [-0.2, 0) is 9.53 Å². The minimum absolute atomic E-state index is 0.141. The Bertz CT molecular complexity index is 571. The van der Waals surface area contributed by atoms with Gasteiger partial charge in [0.1, 0.15) is 13.2 Å². The van der Waals surface area contributed by atoms with Gasteiger partial charge >= 0.3 is 5.97 Å². The van der Waals surface area contributed by atoms with Crippen LogP contribution in [0.3, 0.4) is 0 Å². The highest BCUT2D eigenvalue weighted by molar-refractivity contribution is 5.97. The highest BCUT2D eigenvalue weighted by atomic mass is 16.6. The Morgan fingerprint density at radius 3 is 2.77 bits per heavy atom. The van der Waals surface area contributed by atoms with Crippen molar-refractivity contribution in [2.75, 3.05) is 26.4 Å². The SMILES string of the molecule is C=CCOCC(NC(=O)c1ccc2c(c1)OCCO2)C(=O)O. The number of ether oxygens (including phenoxy) is 3. The van der Waals surface area contributed by atoms with Crippen molar-refractivity contribution in [2.45, 2.75) is 6.04 Å². The largest absolute Gasteiger partial charge is 0.486 e. The number of fused-ring (bicyclic) bond motifs is 1. The summed E-state index contributed by atoms with van der Waals surface area (Å²) in [6.07, 6.45) is 1.50. The molecule has 2 N–H and O–H groups in total. The topological polar surface area (TPSA) is 94.1 Å². The molecule has 7 heteroatoms. The Hall–Kier alpha value is -2.54. The minimum Gasteiger partial charge on any atom is -0.486 e. The van der Waals surface area contributed by atoms with Gasteiger partial charge in [0.05, 0.1) is 13.2 Å². The zero-order valence-corrected chi connectivity index (χ0v) is 11.9. The predicted octanol–water partition coefficient (Wildman–Crippen LogP) is 0.843. The summed E-state index contributed by atoms with van der Waals surface area (Å²) in [6.45, 7) is 4.40. The van der Waals surface area contributed by atoms with Crippen molar-refractivity contribution >= 4 is 11.9 Å². The third-order valence-electron chi connectivity index (χ3n) is 2.93. The number of benzene rings is 1. The Labute approximate surface area is 127 Å². The maximum absolute atomic E-state index is 12.1. The third-order valence-corrected chi connectivity index (χ3v) is 2.93. The molecule has 1 aliphatic heterocycles. The van der Waals surface area contributed by atoms with Gasteiger partial charge in [0, 0.05) is 5.56 Å². The maximum atomic E-state index is 12.1. The van der Waals surface area contributed by atoms with Gasteiger partial charge in [-0.1, -0.05) is 6.08 Å². The molecular formula is C15H17NO6. The normalized spacial score (nSPS) is 14.0. The number of hydrogen-bond donors (Lipinski definition) is 2. The van der Waals surface area contributed by atoms with E-state index in [1.165, 1.54) is 12.1 Å². The molecule has 0 fully saturated rings. The summed E-state index contributed by atoms with van der Waals surface area (Å²) >= 11 is 0. The van der Waals surface area contributed by atoms with Crippen LogP contribution < -0.4 is 14.8 Å². The van der Waals surface area contributed by atoms with Crippen LogP contribution in [0.25, 0.3) is 0 Å². The second kappa shape index (κ2) is 7.46. The molecular weight excluding hydrogens is 290 g/mol. The summed E-state index contributed by atoms with van der Waals surface area (Å²) in [5.74, 6) is -0.665. The zero-order valence-electron chi connectivity index (χ0n) is 11.9. The van der Waals surface area contributed by atoms with Gasteiger partial charge < -0.3 is 24.6 Å². The molecule has 0 aliphatic carbocycles. The van der Waals surface area contributed by atoms with Crippen LogP contribution in [0.2, 0.25) is 0 Å². The van der Waals surface area contributed by atoms with Crippen LogP contribution in [0.5, 0.6) is 11.5 Å². The van der Waals surface area contributed by atoms with Crippen LogP contribution in [0, 0.1) is 0 Å². The minimum atomic E-state index is -1.17. The average molecular weight is 307 g/mol. The van der Waals surface area contributed by atoms with Crippen molar-refractivity contribution < 1.29 is 28.9 Å². The predicted molar refractivity (Wildman–Crippen MR) is 77.3 cm³/mol. The number of hydrogen-bond acceptors (Lipinski definition) is 5. The number of amides is 1. The lowest BCUT2D eigenvalue weighted by molar-refractivity contribution is -0.140. The van der Waals surface area contributed by atoms with Crippen molar-refractivity contribution in [1.82, 2.24) is 5.32 Å². The summed E-state index contributed by atoms with van der Waals surface area (Å²) in [5.41, 5.74) is 0.291. The molecule has 2 rings (SSSR count). The highest BCUT2D eigenvalue weighted by Crippen LogP contribution is 2.30. The van der Waals surface area contributed by atoms with Crippen LogP contribution in [0.1, 0.15) is 10.4 Å². The summed E-state index contributed by atoms with van der Waals surface area (Å²) in [7, 11) is 0. The molecule has 1 heterocycles. The van der Waals surface area contributed by atoms with Crippen LogP contribution in [0.15, 0.2) is 30.9 Å². The van der Waals surface area contributed by atoms with E-state index in [4.69, 9.17) is 19.3 Å². The Morgan fingerprint density at radius 2 is 2.09 bits per heavy atom. The number of rotatable bonds is 7. The lowest BCUT2D eigenvalue weighted by Gasteiger charge is -2.19. The molecule has 0 radical (unpaired) electrons. The second-order valence-electron chi connectivity index (χ2n) is 4.55. The molecule has 1 atom stereocenters. The zero-order chi connectivity index (χ0) is 15.9. The fourth-order valence-corrected chi connectivity index (χ4v) is 1.87. The van der Waals surface area contributed by atoms with Gasteiger partial charge in [0.25, 0.3) is 5.91 Å². The van der Waals surface area contributed by atoms with E-state index < -0.39 is 17.9 Å². The van der Waals surface area contributed by atoms with Gasteiger partial charge in [0.2, 0.25) is 0 Å². The van der Waals surface area contributed by atoms with Gasteiger partial charge in [-0.15, -0.1) is 6.58 Å². The van der Waals surface area contributed by atoms with Gasteiger partial charge in [-0.2, -0.15) is 0 Å². The molecule has 1 unspecified atom stereocenters. The van der Waals surface area contributed by atoms with E-state index in [1.807, 2.05) is 0 Å². The van der Waals surface area contributed by atoms with Crippen molar-refractivity contribution in [3.63, 3.8) is 0 Å². The van der Waals surface area contributed by atoms with Gasteiger partial charge in [-0.3, -0.25) is 4.79 Å². The number of aliphatic carboxylic acids is 1. The van der Waals surface area contributed by atoms with E-state index in [-0.39, 0.29) is 13.2 Å². The number of carbonyl (C=O) groups excluding carboxylic acids is 1. The summed E-state index contributed by atoms with van der Waals surface area (Å²) in [6, 6.07) is 3.55. The third kappa shape index (κ3) is 3.98. The molecule has 1 aromatic rings. The first-order valence-electron chi connectivity index (χ1n) is 6.73. The molecule has 1 aromatic carbocycles. The molecule has 0 saturated heterocycles. The molecule has 22 heavy (non-hydrogen) atoms. The van der Waals surface area contributed by atoms with Crippen molar-refractivity contribution in [3.8, 4) is 11.5 Å². The number of carbonyl (C=O) groups is 2. The molecule has 0 aromatic heterocycles. The highest BCUT2D eigenvalue weighted by Gasteiger charge is 2.22. The molecule has 0 bridgehead atoms. The van der Waals surface area contributed by atoms with Gasteiger partial charge in [-0.05, 0) is 18.2 Å². The van der Waals surface area contributed by atoms with Gasteiger partial charge in [0.15, 0.2) is 17.5 Å². The first-order chi connectivity index (χ1) is 10.6. The maximum Gasteiger partial charge on any atom is 0.328 e. The van der Waals surface area contributed by atoms with E-state index >= 15 is 0 Å². The van der Waals surface area contributed by atoms with E-state index in [0.29, 0.717) is 30.3 Å². The molecule has 118 valence electrons. The Morgan fingerprint density at radius 1 is 1.36 bits per heavy atom. The smallest absolute Gasteiger partial charge is 0.328 e. The van der Waals surface area contributed by atoms with Crippen molar-refractivity contribution in [1.29, 1.82) is 0 Å². The summed E-state index contributed by atoms with van der Waals surface area (Å²) < 4.78 is 15.8. The van der Waals surface area contributed by atoms with Crippen LogP contribution in [-0.4, -0.2) is 49.5 Å². The number of carboxylic acids is 1. The first kappa shape index (κ1) is 15.8. The number of carboxylic acid groups (broad SMARTS) is 1. The lowest BCUT2D eigenvalue weighted by Crippen LogP contribution is -2.44. The van der Waals surface area contributed by atoms with E-state index in [1.54, 1.807) is 12.1 Å². The van der Waals surface area contributed by atoms with Crippen molar-refractivity contribution in [2.24, 2.45) is 0 Å². The fourth-order valence-electron chi connectivity index (χ4n) is 1.87. The molecule has 1 amide bonds. The van der Waals surface area contributed by atoms with Gasteiger partial charge in [-0.25, -0.2) is 4.79 Å². The number of nitrogens with one attached hydrogen (secondary N) is 1. The van der Waals surface area contributed by atoms with E-state index in [0.717, 1.165) is 0 Å². The second-order valence-corrected chi connectivity index (χ2v) is 4.55. The van der Waals surface area contributed by atoms with Crippen molar-refractivity contribution in [3.05, 3.63) is 36.4 Å². The molecule has 7 nitrogen and oxygen atoms in total. The first-order valence-corrected chi connectivity index (χ1v) is 6.73. The summed E-state index contributed by atoms with van der Waals surface area (Å²) in [5, 5.41) is 11.5. The molecule has 0 spiro atoms. The van der Waals surface area contributed by atoms with Crippen LogP contribution >= 0.6 is 0 Å². The molecule has 0 saturated carbocycles. The average Bonchev–Trinajstić information content (AvgIpc) is 2.53. The van der Waals surface area contributed by atoms with E-state index in [9.17, 15) is 9.59 Å². The monoisotopic (exact) mass is 307 g/mol. The summed E-state index contributed by atoms with van der Waals surface area (Å²) in [4.78, 5) is 23.3. The quantitative estimate of drug-likeness (QED) is 0.573. The Balaban J connectivity index is 2.03. The van der Waals surface area contributed by atoms with E-state index in [2.05, 4.69) is 11.9 Å². The standard InChI is InChI=1S/C15H17NO6/c1-2-5-20-9-11(15(18)19)16-14(17)10-3-4-12-13(8-10)22-7-6-21-12/h2-4,8,11H,1,5-7,9H2,(H,16,17)(H,18,19). The lowest BCUT2D eigenvalue weighted by atomic mass is 10.1. The molecule has 1 aliphatic rings. The Kier molecular flexibility index (Phi) is 5.37. The van der Waals surface area contributed by atoms with Crippen LogP contribution in [0.4, 0.5) is 0 Å². The fraction of sp³-hybridized carbons (Fsp3) is 0.333.